The van der Waals surface area contributed by atoms with Gasteiger partial charge < -0.3 is 14.2 Å². The second-order valence-corrected chi connectivity index (χ2v) is 12.1. The third-order valence-corrected chi connectivity index (χ3v) is 9.33. The van der Waals surface area contributed by atoms with Crippen LogP contribution in [0.3, 0.4) is 0 Å². The van der Waals surface area contributed by atoms with Crippen molar-refractivity contribution in [3.05, 3.63) is 90.6 Å². The largest absolute Gasteiger partial charge is 0.461 e. The van der Waals surface area contributed by atoms with Crippen LogP contribution in [0.5, 0.6) is 0 Å². The predicted octanol–water partition coefficient (Wildman–Crippen LogP) is 6.75. The number of nitrogens with zero attached hydrogens (tertiary/aromatic N) is 7. The summed E-state index contributed by atoms with van der Waals surface area (Å²) in [6.07, 6.45) is 19.6. The van der Waals surface area contributed by atoms with Crippen LogP contribution in [0.4, 0.5) is 4.39 Å². The highest BCUT2D eigenvalue weighted by Gasteiger charge is 2.45. The van der Waals surface area contributed by atoms with Crippen molar-refractivity contribution in [1.82, 2.24) is 19.4 Å². The Hall–Kier alpha value is -4.11. The summed E-state index contributed by atoms with van der Waals surface area (Å²) in [5.41, 5.74) is 3.32. The summed E-state index contributed by atoms with van der Waals surface area (Å²) in [5.74, 6) is 0.124. The lowest BCUT2D eigenvalue weighted by Gasteiger charge is -2.41. The van der Waals surface area contributed by atoms with Crippen LogP contribution in [0.1, 0.15) is 67.7 Å². The zero-order valence-electron chi connectivity index (χ0n) is 25.7. The molecule has 1 aromatic carbocycles. The first-order valence-electron chi connectivity index (χ1n) is 15.7. The second kappa shape index (κ2) is 13.3. The summed E-state index contributed by atoms with van der Waals surface area (Å²) >= 11 is 0. The van der Waals surface area contributed by atoms with E-state index in [1.807, 2.05) is 55.9 Å². The van der Waals surface area contributed by atoms with E-state index < -0.39 is 5.83 Å². The molecule has 0 aliphatic carbocycles. The Morgan fingerprint density at radius 3 is 2.80 bits per heavy atom. The molecule has 0 bridgehead atoms. The monoisotopic (exact) mass is 595 g/mol. The van der Waals surface area contributed by atoms with Crippen LogP contribution < -0.4 is 0 Å². The smallest absolute Gasteiger partial charge is 0.318 e. The number of aliphatic imine (C=N–C) groups is 3. The van der Waals surface area contributed by atoms with Crippen molar-refractivity contribution in [2.24, 2.45) is 15.0 Å². The van der Waals surface area contributed by atoms with E-state index in [-0.39, 0.29) is 17.3 Å². The van der Waals surface area contributed by atoms with Gasteiger partial charge in [0.1, 0.15) is 18.1 Å². The molecule has 5 heterocycles. The molecule has 1 aromatic heterocycles. The molecular weight excluding hydrogens is 553 g/mol. The quantitative estimate of drug-likeness (QED) is 0.183. The van der Waals surface area contributed by atoms with Crippen LogP contribution in [0, 0.1) is 6.92 Å². The molecule has 6 rings (SSSR count). The Bertz CT molecular complexity index is 1520. The Morgan fingerprint density at radius 1 is 1.23 bits per heavy atom. The van der Waals surface area contributed by atoms with Gasteiger partial charge in [0.15, 0.2) is 5.83 Å². The van der Waals surface area contributed by atoms with E-state index in [4.69, 9.17) is 14.7 Å². The first kappa shape index (κ1) is 29.9. The van der Waals surface area contributed by atoms with Gasteiger partial charge in [0.05, 0.1) is 23.6 Å². The maximum absolute atomic E-state index is 16.4. The summed E-state index contributed by atoms with van der Waals surface area (Å²) in [6, 6.07) is 6.36. The number of imidazole rings is 1. The van der Waals surface area contributed by atoms with Gasteiger partial charge in [-0.3, -0.25) is 9.89 Å². The molecule has 0 unspecified atom stereocenters. The number of aromatic nitrogens is 2. The number of halogens is 1. The van der Waals surface area contributed by atoms with Crippen LogP contribution in [0.2, 0.25) is 0 Å². The summed E-state index contributed by atoms with van der Waals surface area (Å²) < 4.78 is 24.9. The van der Waals surface area contributed by atoms with Crippen molar-refractivity contribution >= 4 is 29.7 Å². The second-order valence-electron chi connectivity index (χ2n) is 12.1. The topological polar surface area (TPSA) is 70.6 Å². The molecule has 0 amide bonds. The molecule has 3 saturated heterocycles. The number of hydrogen-bond acceptors (Lipinski definition) is 6. The summed E-state index contributed by atoms with van der Waals surface area (Å²) in [5, 5.41) is 0. The van der Waals surface area contributed by atoms with Crippen molar-refractivity contribution in [2.75, 3.05) is 32.8 Å². The Balaban J connectivity index is 1.29. The van der Waals surface area contributed by atoms with Gasteiger partial charge in [0.25, 0.3) is 0 Å². The first-order chi connectivity index (χ1) is 21.5. The van der Waals surface area contributed by atoms with Crippen molar-refractivity contribution in [1.29, 1.82) is 0 Å². The zero-order chi connectivity index (χ0) is 30.5. The van der Waals surface area contributed by atoms with Crippen LogP contribution >= 0.6 is 0 Å². The van der Waals surface area contributed by atoms with E-state index in [1.54, 1.807) is 12.4 Å². The molecule has 8 nitrogen and oxygen atoms in total. The fourth-order valence-electron chi connectivity index (χ4n) is 6.72. The van der Waals surface area contributed by atoms with Crippen molar-refractivity contribution < 1.29 is 9.13 Å². The SMILES string of the molecule is C=CC/C=C\c1cccc(C2=C(F)/C(=N/C(=N\C(=C)N3CC(n4ccnc4)C3)OCC34CCCN3CCC4)CCC=N2)c1C. The molecule has 44 heavy (non-hydrogen) atoms. The van der Waals surface area contributed by atoms with Gasteiger partial charge >= 0.3 is 6.02 Å². The highest BCUT2D eigenvalue weighted by molar-refractivity contribution is 6.10. The number of benzene rings is 1. The van der Waals surface area contributed by atoms with Crippen LogP contribution in [0.15, 0.2) is 88.9 Å². The molecule has 0 N–H and O–H groups in total. The fraction of sp³-hybridized carbons (Fsp3) is 0.429. The number of likely N-dealkylation sites (tertiary alicyclic amines) is 1. The van der Waals surface area contributed by atoms with Crippen LogP contribution in [0.25, 0.3) is 11.8 Å². The van der Waals surface area contributed by atoms with Gasteiger partial charge in [-0.2, -0.15) is 9.98 Å². The normalized spacial score (nSPS) is 21.6. The van der Waals surface area contributed by atoms with E-state index in [9.17, 15) is 0 Å². The average Bonchev–Trinajstić information content (AvgIpc) is 3.71. The lowest BCUT2D eigenvalue weighted by molar-refractivity contribution is 0.105. The number of fused-ring (bicyclic) bond motifs is 1. The Morgan fingerprint density at radius 2 is 2.05 bits per heavy atom. The molecule has 4 aliphatic rings. The standard InChI is InChI=1S/C35H42FN7O/c1-4-5-6-11-28-12-7-13-30(26(28)2)33-32(36)31(14-8-17-38-33)40-34(44-24-35-15-9-19-43(35)20-10-16-35)39-27(3)42-22-29(23-42)41-21-18-37-25-41/h4,6-7,11-13,17-18,21,25,29H,1,3,5,8-10,14-16,19-20,22-24H2,2H3/b11-6-,39-34+,40-31+. The van der Waals surface area contributed by atoms with Gasteiger partial charge in [-0.15, -0.1) is 6.58 Å². The minimum Gasteiger partial charge on any atom is -0.461 e. The summed E-state index contributed by atoms with van der Waals surface area (Å²) in [4.78, 5) is 22.9. The number of ether oxygens (including phenoxy) is 1. The molecule has 0 saturated carbocycles. The van der Waals surface area contributed by atoms with E-state index in [2.05, 4.69) is 37.5 Å². The van der Waals surface area contributed by atoms with E-state index in [1.165, 1.54) is 12.8 Å². The summed E-state index contributed by atoms with van der Waals surface area (Å²) in [7, 11) is 0. The molecule has 0 spiro atoms. The Labute approximate surface area is 259 Å². The minimum atomic E-state index is -0.443. The molecule has 4 aliphatic heterocycles. The molecule has 0 atom stereocenters. The molecule has 0 radical (unpaired) electrons. The number of amidine groups is 1. The summed E-state index contributed by atoms with van der Waals surface area (Å²) in [6.45, 7) is 14.2. The van der Waals surface area contributed by atoms with Gasteiger partial charge in [-0.05, 0) is 76.1 Å². The molecule has 230 valence electrons. The van der Waals surface area contributed by atoms with Gasteiger partial charge in [-0.25, -0.2) is 9.37 Å². The fourth-order valence-corrected chi connectivity index (χ4v) is 6.72. The van der Waals surface area contributed by atoms with Gasteiger partial charge in [0, 0.05) is 37.3 Å². The molecule has 3 fully saturated rings. The number of allylic oxidation sites excluding steroid dienone is 3. The third-order valence-electron chi connectivity index (χ3n) is 9.33. The first-order valence-corrected chi connectivity index (χ1v) is 15.7. The van der Waals surface area contributed by atoms with E-state index >= 15 is 4.39 Å². The van der Waals surface area contributed by atoms with Crippen LogP contribution in [-0.2, 0) is 4.74 Å². The van der Waals surface area contributed by atoms with E-state index in [0.717, 1.165) is 62.1 Å². The maximum Gasteiger partial charge on any atom is 0.318 e. The van der Waals surface area contributed by atoms with Crippen molar-refractivity contribution in [3.8, 4) is 0 Å². The highest BCUT2D eigenvalue weighted by atomic mass is 19.1. The predicted molar refractivity (Wildman–Crippen MR) is 176 cm³/mol. The lowest BCUT2D eigenvalue weighted by atomic mass is 9.95. The molecular formula is C35H42FN7O. The molecule has 9 heteroatoms. The van der Waals surface area contributed by atoms with Crippen molar-refractivity contribution in [3.63, 3.8) is 0 Å². The third kappa shape index (κ3) is 6.24. The van der Waals surface area contributed by atoms with Gasteiger partial charge in [-0.1, -0.05) is 43.0 Å². The van der Waals surface area contributed by atoms with Crippen molar-refractivity contribution in [2.45, 2.75) is 63.5 Å². The average molecular weight is 596 g/mol. The maximum atomic E-state index is 16.4. The number of hydrogen-bond donors (Lipinski definition) is 0. The highest BCUT2D eigenvalue weighted by Crippen LogP contribution is 2.39. The van der Waals surface area contributed by atoms with E-state index in [0.29, 0.717) is 37.0 Å². The lowest BCUT2D eigenvalue weighted by Crippen LogP contribution is -2.46. The molecule has 2 aromatic rings. The number of rotatable bonds is 9. The zero-order valence-corrected chi connectivity index (χ0v) is 25.7. The minimum absolute atomic E-state index is 0.00827. The van der Waals surface area contributed by atoms with Crippen LogP contribution in [-0.4, -0.2) is 75.6 Å². The van der Waals surface area contributed by atoms with Gasteiger partial charge in [0.2, 0.25) is 0 Å². The Kier molecular flexibility index (Phi) is 9.02.